The van der Waals surface area contributed by atoms with Crippen LogP contribution in [0.2, 0.25) is 0 Å². The van der Waals surface area contributed by atoms with Crippen molar-refractivity contribution >= 4 is 11.7 Å². The fraction of sp³-hybridized carbons (Fsp3) is 0.533. The Balaban J connectivity index is 1.70. The Hall–Kier alpha value is -1.75. The summed E-state index contributed by atoms with van der Waals surface area (Å²) in [7, 11) is 1.62. The number of hydrogen-bond donors (Lipinski definition) is 2. The predicted octanol–water partition coefficient (Wildman–Crippen LogP) is 2.18. The third kappa shape index (κ3) is 2.45. The topological polar surface area (TPSA) is 67.6 Å². The zero-order valence-electron chi connectivity index (χ0n) is 11.7. The summed E-state index contributed by atoms with van der Waals surface area (Å²) in [4.78, 5) is 14.5. The maximum Gasteiger partial charge on any atom is 0.322 e. The summed E-state index contributed by atoms with van der Waals surface area (Å²) < 4.78 is 5.17. The number of carbonyl (C=O) groups is 1. The second-order valence-corrected chi connectivity index (χ2v) is 5.69. The van der Waals surface area contributed by atoms with Crippen LogP contribution in [0.3, 0.4) is 0 Å². The van der Waals surface area contributed by atoms with Crippen LogP contribution < -0.4 is 15.8 Å². The molecular weight excluding hydrogens is 254 g/mol. The minimum atomic E-state index is -0.0161. The number of fused-ring (bicyclic) bond motifs is 2. The standard InChI is InChI=1S/C15H21N3O2/c1-20-14-4-2-3-11(9-14)17-15(19)18-12-5-6-13(18)8-10(16)7-12/h2-4,9-10,12-13H,5-8,16H2,1H3,(H,17,19). The highest BCUT2D eigenvalue weighted by molar-refractivity contribution is 5.90. The summed E-state index contributed by atoms with van der Waals surface area (Å²) in [6, 6.07) is 8.26. The van der Waals surface area contributed by atoms with Crippen molar-refractivity contribution in [3.8, 4) is 5.75 Å². The Bertz CT molecular complexity index is 492. The number of carbonyl (C=O) groups excluding carboxylic acids is 1. The molecule has 108 valence electrons. The van der Waals surface area contributed by atoms with Crippen molar-refractivity contribution in [3.63, 3.8) is 0 Å². The number of ether oxygens (including phenoxy) is 1. The van der Waals surface area contributed by atoms with Crippen molar-refractivity contribution in [1.82, 2.24) is 4.90 Å². The molecule has 2 aliphatic heterocycles. The van der Waals surface area contributed by atoms with Gasteiger partial charge in [-0.3, -0.25) is 0 Å². The van der Waals surface area contributed by atoms with Crippen LogP contribution in [0.4, 0.5) is 10.5 Å². The molecule has 2 aliphatic rings. The molecule has 2 bridgehead atoms. The SMILES string of the molecule is COc1cccc(NC(=O)N2C3CCC2CC(N)C3)c1. The van der Waals surface area contributed by atoms with Gasteiger partial charge >= 0.3 is 6.03 Å². The van der Waals surface area contributed by atoms with Gasteiger partial charge in [-0.1, -0.05) is 6.07 Å². The first-order valence-corrected chi connectivity index (χ1v) is 7.16. The lowest BCUT2D eigenvalue weighted by molar-refractivity contribution is 0.150. The number of nitrogens with two attached hydrogens (primary N) is 1. The van der Waals surface area contributed by atoms with Crippen molar-refractivity contribution in [2.75, 3.05) is 12.4 Å². The Kier molecular flexibility index (Phi) is 3.53. The molecule has 3 N–H and O–H groups in total. The fourth-order valence-electron chi connectivity index (χ4n) is 3.44. The Morgan fingerprint density at radius 3 is 2.70 bits per heavy atom. The minimum absolute atomic E-state index is 0.0161. The Labute approximate surface area is 119 Å². The number of urea groups is 1. The molecule has 2 unspecified atom stereocenters. The van der Waals surface area contributed by atoms with E-state index in [1.165, 1.54) is 0 Å². The number of benzene rings is 1. The average molecular weight is 275 g/mol. The quantitative estimate of drug-likeness (QED) is 0.869. The first kappa shape index (κ1) is 13.2. The number of amides is 2. The van der Waals surface area contributed by atoms with Gasteiger partial charge in [0.15, 0.2) is 0 Å². The number of hydrogen-bond acceptors (Lipinski definition) is 3. The van der Waals surface area contributed by atoms with Gasteiger partial charge in [0.05, 0.1) is 7.11 Å². The lowest BCUT2D eigenvalue weighted by Gasteiger charge is -2.37. The molecule has 1 aromatic rings. The smallest absolute Gasteiger partial charge is 0.322 e. The van der Waals surface area contributed by atoms with Crippen LogP contribution in [0.25, 0.3) is 0 Å². The number of piperidine rings is 1. The molecule has 2 atom stereocenters. The molecule has 1 aromatic carbocycles. The third-order valence-electron chi connectivity index (χ3n) is 4.33. The predicted molar refractivity (Wildman–Crippen MR) is 77.9 cm³/mol. The molecular formula is C15H21N3O2. The van der Waals surface area contributed by atoms with E-state index in [0.717, 1.165) is 37.1 Å². The number of nitrogens with one attached hydrogen (secondary N) is 1. The highest BCUT2D eigenvalue weighted by atomic mass is 16.5. The van der Waals surface area contributed by atoms with E-state index in [-0.39, 0.29) is 12.1 Å². The van der Waals surface area contributed by atoms with Crippen molar-refractivity contribution in [2.45, 2.75) is 43.8 Å². The molecule has 5 heteroatoms. The minimum Gasteiger partial charge on any atom is -0.497 e. The molecule has 0 aromatic heterocycles. The first-order chi connectivity index (χ1) is 9.67. The Morgan fingerprint density at radius 1 is 1.35 bits per heavy atom. The second-order valence-electron chi connectivity index (χ2n) is 5.69. The van der Waals surface area contributed by atoms with Gasteiger partial charge in [-0.15, -0.1) is 0 Å². The summed E-state index contributed by atoms with van der Waals surface area (Å²) in [5, 5.41) is 2.97. The maximum absolute atomic E-state index is 12.5. The highest BCUT2D eigenvalue weighted by Crippen LogP contribution is 2.35. The zero-order valence-corrected chi connectivity index (χ0v) is 11.7. The van der Waals surface area contributed by atoms with Gasteiger partial charge in [-0.25, -0.2) is 4.79 Å². The van der Waals surface area contributed by atoms with Gasteiger partial charge in [-0.05, 0) is 37.8 Å². The average Bonchev–Trinajstić information content (AvgIpc) is 2.71. The van der Waals surface area contributed by atoms with Gasteiger partial charge in [-0.2, -0.15) is 0 Å². The largest absolute Gasteiger partial charge is 0.497 e. The van der Waals surface area contributed by atoms with Crippen LogP contribution in [0, 0.1) is 0 Å². The molecule has 2 fully saturated rings. The number of nitrogens with zero attached hydrogens (tertiary/aromatic N) is 1. The van der Waals surface area contributed by atoms with E-state index in [0.29, 0.717) is 12.1 Å². The van der Waals surface area contributed by atoms with Gasteiger partial charge in [0.25, 0.3) is 0 Å². The van der Waals surface area contributed by atoms with Crippen LogP contribution in [0.15, 0.2) is 24.3 Å². The van der Waals surface area contributed by atoms with E-state index in [1.807, 2.05) is 29.2 Å². The van der Waals surface area contributed by atoms with Crippen molar-refractivity contribution in [2.24, 2.45) is 5.73 Å². The van der Waals surface area contributed by atoms with Crippen molar-refractivity contribution in [1.29, 1.82) is 0 Å². The molecule has 0 saturated carbocycles. The van der Waals surface area contributed by atoms with Gasteiger partial charge in [0.2, 0.25) is 0 Å². The molecule has 0 aliphatic carbocycles. The fourth-order valence-corrected chi connectivity index (χ4v) is 3.44. The molecule has 20 heavy (non-hydrogen) atoms. The van der Waals surface area contributed by atoms with E-state index in [4.69, 9.17) is 10.5 Å². The van der Waals surface area contributed by atoms with Crippen LogP contribution in [-0.4, -0.2) is 36.2 Å². The van der Waals surface area contributed by atoms with Crippen LogP contribution >= 0.6 is 0 Å². The van der Waals surface area contributed by atoms with Gasteiger partial charge < -0.3 is 20.7 Å². The lowest BCUT2D eigenvalue weighted by atomic mass is 9.99. The molecule has 5 nitrogen and oxygen atoms in total. The highest BCUT2D eigenvalue weighted by Gasteiger charge is 2.42. The molecule has 0 radical (unpaired) electrons. The van der Waals surface area contributed by atoms with E-state index in [1.54, 1.807) is 7.11 Å². The summed E-state index contributed by atoms with van der Waals surface area (Å²) in [5.74, 6) is 0.742. The van der Waals surface area contributed by atoms with Crippen LogP contribution in [0.5, 0.6) is 5.75 Å². The zero-order chi connectivity index (χ0) is 14.1. The summed E-state index contributed by atoms with van der Waals surface area (Å²) >= 11 is 0. The first-order valence-electron chi connectivity index (χ1n) is 7.16. The summed E-state index contributed by atoms with van der Waals surface area (Å²) in [6.07, 6.45) is 3.98. The summed E-state index contributed by atoms with van der Waals surface area (Å²) in [6.45, 7) is 0. The molecule has 0 spiro atoms. The second kappa shape index (κ2) is 5.32. The normalized spacial score (nSPS) is 28.3. The van der Waals surface area contributed by atoms with E-state index < -0.39 is 0 Å². The van der Waals surface area contributed by atoms with Gasteiger partial charge in [0, 0.05) is 29.9 Å². The van der Waals surface area contributed by atoms with Gasteiger partial charge in [0.1, 0.15) is 5.75 Å². The van der Waals surface area contributed by atoms with Crippen LogP contribution in [-0.2, 0) is 0 Å². The van der Waals surface area contributed by atoms with Crippen LogP contribution in [0.1, 0.15) is 25.7 Å². The van der Waals surface area contributed by atoms with E-state index >= 15 is 0 Å². The Morgan fingerprint density at radius 2 is 2.05 bits per heavy atom. The number of anilines is 1. The monoisotopic (exact) mass is 275 g/mol. The number of rotatable bonds is 2. The molecule has 2 amide bonds. The maximum atomic E-state index is 12.5. The van der Waals surface area contributed by atoms with Crippen molar-refractivity contribution in [3.05, 3.63) is 24.3 Å². The third-order valence-corrected chi connectivity index (χ3v) is 4.33. The van der Waals surface area contributed by atoms with E-state index in [2.05, 4.69) is 5.32 Å². The van der Waals surface area contributed by atoms with Crippen molar-refractivity contribution < 1.29 is 9.53 Å². The molecule has 2 saturated heterocycles. The summed E-state index contributed by atoms with van der Waals surface area (Å²) in [5.41, 5.74) is 6.80. The lowest BCUT2D eigenvalue weighted by Crippen LogP contribution is -2.51. The molecule has 2 heterocycles. The van der Waals surface area contributed by atoms with E-state index in [9.17, 15) is 4.79 Å². The molecule has 3 rings (SSSR count). The number of methoxy groups -OCH3 is 1.